The van der Waals surface area contributed by atoms with Crippen LogP contribution in [0, 0.1) is 19.8 Å². The molecule has 1 aromatic rings. The van der Waals surface area contributed by atoms with Crippen molar-refractivity contribution in [3.63, 3.8) is 0 Å². The molecule has 7 heteroatoms. The summed E-state index contributed by atoms with van der Waals surface area (Å²) >= 11 is 0. The summed E-state index contributed by atoms with van der Waals surface area (Å²) in [4.78, 5) is 38.6. The van der Waals surface area contributed by atoms with Gasteiger partial charge in [0, 0.05) is 20.1 Å². The summed E-state index contributed by atoms with van der Waals surface area (Å²) in [6.45, 7) is 4.13. The number of amides is 2. The monoisotopic (exact) mass is 322 g/mol. The second-order valence-corrected chi connectivity index (χ2v) is 6.01. The van der Waals surface area contributed by atoms with Crippen LogP contribution in [-0.2, 0) is 9.59 Å². The van der Waals surface area contributed by atoms with Crippen LogP contribution in [0.4, 0.5) is 0 Å². The normalized spacial score (nSPS) is 17.9. The van der Waals surface area contributed by atoms with Gasteiger partial charge in [-0.25, -0.2) is 0 Å². The predicted octanol–water partition coefficient (Wildman–Crippen LogP) is 1.29. The van der Waals surface area contributed by atoms with Crippen LogP contribution in [0.25, 0.3) is 0 Å². The molecule has 1 aromatic heterocycles. The van der Waals surface area contributed by atoms with Crippen LogP contribution in [0.15, 0.2) is 10.5 Å². The van der Waals surface area contributed by atoms with Crippen molar-refractivity contribution in [2.24, 2.45) is 5.92 Å². The topological polar surface area (TPSA) is 91.1 Å². The fourth-order valence-corrected chi connectivity index (χ4v) is 2.83. The predicted molar refractivity (Wildman–Crippen MR) is 82.1 cm³/mol. The number of nitrogens with zero attached hydrogens (tertiary/aromatic N) is 2. The minimum Gasteiger partial charge on any atom is -0.481 e. The van der Waals surface area contributed by atoms with Gasteiger partial charge in [0.1, 0.15) is 11.5 Å². The van der Waals surface area contributed by atoms with Crippen LogP contribution < -0.4 is 0 Å². The molecule has 1 aliphatic rings. The Labute approximate surface area is 134 Å². The molecule has 1 aliphatic heterocycles. The Bertz CT molecular complexity index is 622. The molecule has 23 heavy (non-hydrogen) atoms. The van der Waals surface area contributed by atoms with Gasteiger partial charge in [-0.15, -0.1) is 0 Å². The van der Waals surface area contributed by atoms with Crippen LogP contribution in [0.3, 0.4) is 0 Å². The number of furan rings is 1. The van der Waals surface area contributed by atoms with E-state index in [1.165, 1.54) is 9.80 Å². The first-order valence-corrected chi connectivity index (χ1v) is 7.62. The number of likely N-dealkylation sites (N-methyl/N-ethyl adjacent to an activating group) is 1. The molecule has 0 spiro atoms. The van der Waals surface area contributed by atoms with Gasteiger partial charge in [0.15, 0.2) is 0 Å². The number of rotatable bonds is 4. The van der Waals surface area contributed by atoms with Crippen LogP contribution in [0.1, 0.15) is 34.7 Å². The zero-order valence-electron chi connectivity index (χ0n) is 13.7. The van der Waals surface area contributed by atoms with Gasteiger partial charge in [-0.1, -0.05) is 0 Å². The lowest BCUT2D eigenvalue weighted by Crippen LogP contribution is -2.46. The molecule has 1 N–H and O–H groups in total. The van der Waals surface area contributed by atoms with Gasteiger partial charge in [0.25, 0.3) is 5.91 Å². The second-order valence-electron chi connectivity index (χ2n) is 6.01. The average molecular weight is 322 g/mol. The lowest BCUT2D eigenvalue weighted by molar-refractivity contribution is -0.145. The zero-order valence-corrected chi connectivity index (χ0v) is 13.7. The molecule has 1 unspecified atom stereocenters. The van der Waals surface area contributed by atoms with Crippen LogP contribution in [-0.4, -0.2) is 59.4 Å². The van der Waals surface area contributed by atoms with E-state index in [-0.39, 0.29) is 24.9 Å². The van der Waals surface area contributed by atoms with Crippen molar-refractivity contribution in [2.45, 2.75) is 26.7 Å². The fraction of sp³-hybridized carbons (Fsp3) is 0.562. The largest absolute Gasteiger partial charge is 0.481 e. The molecular weight excluding hydrogens is 300 g/mol. The first kappa shape index (κ1) is 17.1. The maximum Gasteiger partial charge on any atom is 0.308 e. The summed E-state index contributed by atoms with van der Waals surface area (Å²) < 4.78 is 5.34. The highest BCUT2D eigenvalue weighted by molar-refractivity contribution is 5.97. The lowest BCUT2D eigenvalue weighted by Gasteiger charge is -2.32. The zero-order chi connectivity index (χ0) is 17.1. The SMILES string of the molecule is Cc1cc(C(=O)N(C)CC(=O)N2CCCC(C(=O)O)C2)c(C)o1. The third kappa shape index (κ3) is 3.91. The van der Waals surface area contributed by atoms with Crippen molar-refractivity contribution < 1.29 is 23.9 Å². The Kier molecular flexibility index (Phi) is 5.08. The van der Waals surface area contributed by atoms with Gasteiger partial charge >= 0.3 is 5.97 Å². The van der Waals surface area contributed by atoms with Gasteiger partial charge in [-0.05, 0) is 32.8 Å². The molecule has 0 aliphatic carbocycles. The minimum atomic E-state index is -0.878. The fourth-order valence-electron chi connectivity index (χ4n) is 2.83. The number of hydrogen-bond acceptors (Lipinski definition) is 4. The number of carboxylic acid groups (broad SMARTS) is 1. The third-order valence-electron chi connectivity index (χ3n) is 4.11. The molecule has 126 valence electrons. The van der Waals surface area contributed by atoms with Crippen LogP contribution >= 0.6 is 0 Å². The van der Waals surface area contributed by atoms with Gasteiger partial charge in [-0.2, -0.15) is 0 Å². The van der Waals surface area contributed by atoms with Gasteiger partial charge in [0.05, 0.1) is 18.0 Å². The van der Waals surface area contributed by atoms with Crippen LogP contribution in [0.5, 0.6) is 0 Å². The number of carboxylic acids is 1. The molecule has 1 fully saturated rings. The third-order valence-corrected chi connectivity index (χ3v) is 4.11. The second kappa shape index (κ2) is 6.85. The highest BCUT2D eigenvalue weighted by Crippen LogP contribution is 2.18. The van der Waals surface area contributed by atoms with Gasteiger partial charge in [0.2, 0.25) is 5.91 Å². The molecule has 2 heterocycles. The van der Waals surface area contributed by atoms with E-state index in [1.807, 2.05) is 0 Å². The van der Waals surface area contributed by atoms with Crippen molar-refractivity contribution in [2.75, 3.05) is 26.7 Å². The summed E-state index contributed by atoms with van der Waals surface area (Å²) in [5.74, 6) is -0.741. The summed E-state index contributed by atoms with van der Waals surface area (Å²) in [7, 11) is 1.56. The van der Waals surface area contributed by atoms with Gasteiger partial charge < -0.3 is 19.3 Å². The number of piperidine rings is 1. The quantitative estimate of drug-likeness (QED) is 0.902. The highest BCUT2D eigenvalue weighted by Gasteiger charge is 2.29. The first-order valence-electron chi connectivity index (χ1n) is 7.62. The molecule has 7 nitrogen and oxygen atoms in total. The van der Waals surface area contributed by atoms with E-state index in [4.69, 9.17) is 9.52 Å². The average Bonchev–Trinajstić information content (AvgIpc) is 2.85. The van der Waals surface area contributed by atoms with Gasteiger partial charge in [-0.3, -0.25) is 14.4 Å². The number of carbonyl (C=O) groups excluding carboxylic acids is 2. The number of aryl methyl sites for hydroxylation is 2. The standard InChI is InChI=1S/C16H22N2O5/c1-10-7-13(11(2)23-10)15(20)17(3)9-14(19)18-6-4-5-12(8-18)16(21)22/h7,12H,4-6,8-9H2,1-3H3,(H,21,22). The van der Waals surface area contributed by atoms with E-state index >= 15 is 0 Å². The molecule has 2 rings (SSSR count). The summed E-state index contributed by atoms with van der Waals surface area (Å²) in [5.41, 5.74) is 0.444. The maximum atomic E-state index is 12.4. The first-order chi connectivity index (χ1) is 10.8. The van der Waals surface area contributed by atoms with E-state index in [0.717, 1.165) is 0 Å². The summed E-state index contributed by atoms with van der Waals surface area (Å²) in [6.07, 6.45) is 1.25. The maximum absolute atomic E-state index is 12.4. The van der Waals surface area contributed by atoms with E-state index in [1.54, 1.807) is 27.0 Å². The Hall–Kier alpha value is -2.31. The Morgan fingerprint density at radius 2 is 2.09 bits per heavy atom. The molecule has 0 aromatic carbocycles. The molecule has 0 bridgehead atoms. The van der Waals surface area contributed by atoms with Crippen LogP contribution in [0.2, 0.25) is 0 Å². The molecular formula is C16H22N2O5. The van der Waals surface area contributed by atoms with E-state index in [2.05, 4.69) is 0 Å². The number of aliphatic carboxylic acids is 1. The lowest BCUT2D eigenvalue weighted by atomic mass is 9.98. The van der Waals surface area contributed by atoms with Crippen molar-refractivity contribution >= 4 is 17.8 Å². The molecule has 2 amide bonds. The van der Waals surface area contributed by atoms with E-state index < -0.39 is 11.9 Å². The van der Waals surface area contributed by atoms with E-state index in [9.17, 15) is 14.4 Å². The number of hydrogen-bond donors (Lipinski definition) is 1. The minimum absolute atomic E-state index is 0.0746. The summed E-state index contributed by atoms with van der Waals surface area (Å²) in [6, 6.07) is 1.65. The van der Waals surface area contributed by atoms with Crippen molar-refractivity contribution in [1.82, 2.24) is 9.80 Å². The molecule has 1 saturated heterocycles. The van der Waals surface area contributed by atoms with Crippen molar-refractivity contribution in [3.8, 4) is 0 Å². The summed E-state index contributed by atoms with van der Waals surface area (Å²) in [5, 5.41) is 9.08. The Balaban J connectivity index is 1.98. The number of carbonyl (C=O) groups is 3. The van der Waals surface area contributed by atoms with Crippen molar-refractivity contribution in [3.05, 3.63) is 23.2 Å². The highest BCUT2D eigenvalue weighted by atomic mass is 16.4. The Morgan fingerprint density at radius 1 is 1.39 bits per heavy atom. The Morgan fingerprint density at radius 3 is 2.65 bits per heavy atom. The number of likely N-dealkylation sites (tertiary alicyclic amines) is 1. The molecule has 1 atom stereocenters. The molecule has 0 saturated carbocycles. The van der Waals surface area contributed by atoms with Crippen molar-refractivity contribution in [1.29, 1.82) is 0 Å². The smallest absolute Gasteiger partial charge is 0.308 e. The molecule has 0 radical (unpaired) electrons. The van der Waals surface area contributed by atoms with E-state index in [0.29, 0.717) is 36.5 Å².